The summed E-state index contributed by atoms with van der Waals surface area (Å²) in [5.41, 5.74) is 1.43. The minimum atomic E-state index is 0.580. The highest BCUT2D eigenvalue weighted by Gasteiger charge is 2.29. The highest BCUT2D eigenvalue weighted by atomic mass is 35.5. The topological polar surface area (TPSA) is 25.8 Å². The second-order valence-electron chi connectivity index (χ2n) is 5.04. The maximum atomic E-state index is 6.37. The Hall–Kier alpha value is -0.670. The van der Waals surface area contributed by atoms with Gasteiger partial charge in [-0.15, -0.1) is 11.3 Å². The molecule has 2 nitrogen and oxygen atoms in total. The van der Waals surface area contributed by atoms with Gasteiger partial charge < -0.3 is 0 Å². The number of aromatic nitrogens is 2. The van der Waals surface area contributed by atoms with E-state index in [1.54, 1.807) is 0 Å². The molecule has 2 aromatic rings. The summed E-state index contributed by atoms with van der Waals surface area (Å²) in [6, 6.07) is 0. The molecule has 2 aliphatic carbocycles. The molecule has 1 fully saturated rings. The van der Waals surface area contributed by atoms with Crippen LogP contribution in [0.5, 0.6) is 0 Å². The van der Waals surface area contributed by atoms with Gasteiger partial charge in [-0.25, -0.2) is 9.97 Å². The summed E-state index contributed by atoms with van der Waals surface area (Å²) in [5, 5.41) is 1.84. The first-order valence-corrected chi connectivity index (χ1v) is 7.50. The van der Waals surface area contributed by atoms with Crippen LogP contribution in [-0.2, 0) is 12.8 Å². The summed E-state index contributed by atoms with van der Waals surface area (Å²) in [7, 11) is 0. The summed E-state index contributed by atoms with van der Waals surface area (Å²) in [4.78, 5) is 11.9. The molecule has 4 rings (SSSR count). The molecule has 0 spiro atoms. The van der Waals surface area contributed by atoms with Crippen LogP contribution in [0.25, 0.3) is 10.2 Å². The fourth-order valence-corrected chi connectivity index (χ4v) is 4.27. The molecule has 88 valence electrons. The monoisotopic (exact) mass is 264 g/mol. The number of halogens is 1. The van der Waals surface area contributed by atoms with Crippen LogP contribution in [0.15, 0.2) is 0 Å². The van der Waals surface area contributed by atoms with E-state index in [2.05, 4.69) is 4.98 Å². The van der Waals surface area contributed by atoms with Gasteiger partial charge in [-0.1, -0.05) is 11.6 Å². The lowest BCUT2D eigenvalue weighted by Gasteiger charge is -2.10. The second-order valence-corrected chi connectivity index (χ2v) is 6.48. The zero-order valence-electron chi connectivity index (χ0n) is 9.50. The number of thiophene rings is 1. The SMILES string of the molecule is Clc1nc(C2CC2)nc2sc3c(c12)CCCC3. The fourth-order valence-electron chi connectivity index (χ4n) is 2.65. The minimum absolute atomic E-state index is 0.580. The van der Waals surface area contributed by atoms with Crippen molar-refractivity contribution in [1.29, 1.82) is 0 Å². The number of nitrogens with zero attached hydrogens (tertiary/aromatic N) is 2. The van der Waals surface area contributed by atoms with Crippen molar-refractivity contribution in [2.75, 3.05) is 0 Å². The molecule has 17 heavy (non-hydrogen) atoms. The normalized spacial score (nSPS) is 19.6. The zero-order chi connectivity index (χ0) is 11.4. The predicted molar refractivity (Wildman–Crippen MR) is 71.0 cm³/mol. The maximum absolute atomic E-state index is 6.37. The van der Waals surface area contributed by atoms with Gasteiger partial charge >= 0.3 is 0 Å². The molecule has 0 radical (unpaired) electrons. The Kier molecular flexibility index (Phi) is 2.21. The Balaban J connectivity index is 1.97. The van der Waals surface area contributed by atoms with Gasteiger partial charge in [-0.3, -0.25) is 0 Å². The van der Waals surface area contributed by atoms with E-state index in [9.17, 15) is 0 Å². The quantitative estimate of drug-likeness (QED) is 0.725. The van der Waals surface area contributed by atoms with Gasteiger partial charge in [0.15, 0.2) is 0 Å². The van der Waals surface area contributed by atoms with Crippen molar-refractivity contribution in [3.8, 4) is 0 Å². The van der Waals surface area contributed by atoms with Crippen LogP contribution >= 0.6 is 22.9 Å². The van der Waals surface area contributed by atoms with E-state index in [4.69, 9.17) is 16.6 Å². The van der Waals surface area contributed by atoms with Crippen molar-refractivity contribution in [1.82, 2.24) is 9.97 Å². The Labute approximate surface area is 109 Å². The van der Waals surface area contributed by atoms with Gasteiger partial charge in [0.05, 0.1) is 5.39 Å². The molecular weight excluding hydrogens is 252 g/mol. The standard InChI is InChI=1S/C13H13ClN2S/c14-11-10-8-3-1-2-4-9(8)17-13(10)16-12(15-11)7-5-6-7/h7H,1-6H2. The van der Waals surface area contributed by atoms with E-state index in [0.717, 1.165) is 22.5 Å². The van der Waals surface area contributed by atoms with Crippen LogP contribution in [0.2, 0.25) is 5.15 Å². The van der Waals surface area contributed by atoms with Crippen LogP contribution in [0.4, 0.5) is 0 Å². The van der Waals surface area contributed by atoms with Crippen molar-refractivity contribution in [3.63, 3.8) is 0 Å². The van der Waals surface area contributed by atoms with Gasteiger partial charge in [0, 0.05) is 10.8 Å². The molecule has 0 aliphatic heterocycles. The van der Waals surface area contributed by atoms with E-state index < -0.39 is 0 Å². The lowest BCUT2D eigenvalue weighted by molar-refractivity contribution is 0.700. The number of fused-ring (bicyclic) bond motifs is 3. The van der Waals surface area contributed by atoms with Crippen LogP contribution in [0.1, 0.15) is 47.9 Å². The number of hydrogen-bond donors (Lipinski definition) is 0. The third-order valence-electron chi connectivity index (χ3n) is 3.73. The average molecular weight is 265 g/mol. The van der Waals surface area contributed by atoms with Gasteiger partial charge in [0.2, 0.25) is 0 Å². The minimum Gasteiger partial charge on any atom is -0.222 e. The smallest absolute Gasteiger partial charge is 0.141 e. The van der Waals surface area contributed by atoms with Crippen LogP contribution in [0.3, 0.4) is 0 Å². The number of aryl methyl sites for hydroxylation is 2. The highest BCUT2D eigenvalue weighted by molar-refractivity contribution is 7.19. The van der Waals surface area contributed by atoms with E-state index in [0.29, 0.717) is 11.1 Å². The molecule has 2 heterocycles. The molecule has 2 aliphatic rings. The summed E-state index contributed by atoms with van der Waals surface area (Å²) < 4.78 is 0. The van der Waals surface area contributed by atoms with Crippen LogP contribution in [-0.4, -0.2) is 9.97 Å². The Morgan fingerprint density at radius 3 is 2.76 bits per heavy atom. The second kappa shape index (κ2) is 3.66. The first-order valence-electron chi connectivity index (χ1n) is 6.30. The fraction of sp³-hybridized carbons (Fsp3) is 0.538. The summed E-state index contributed by atoms with van der Waals surface area (Å²) >= 11 is 8.21. The van der Waals surface area contributed by atoms with Crippen molar-refractivity contribution in [3.05, 3.63) is 21.4 Å². The largest absolute Gasteiger partial charge is 0.222 e. The molecule has 2 aromatic heterocycles. The van der Waals surface area contributed by atoms with Crippen LogP contribution in [0, 0.1) is 0 Å². The van der Waals surface area contributed by atoms with Crippen molar-refractivity contribution >= 4 is 33.2 Å². The summed E-state index contributed by atoms with van der Waals surface area (Å²) in [5.74, 6) is 1.55. The third-order valence-corrected chi connectivity index (χ3v) is 5.19. The maximum Gasteiger partial charge on any atom is 0.141 e. The first kappa shape index (κ1) is 10.3. The van der Waals surface area contributed by atoms with Crippen molar-refractivity contribution in [2.24, 2.45) is 0 Å². The third kappa shape index (κ3) is 1.59. The highest BCUT2D eigenvalue weighted by Crippen LogP contribution is 2.42. The Morgan fingerprint density at radius 2 is 1.94 bits per heavy atom. The van der Waals surface area contributed by atoms with E-state index in [1.165, 1.54) is 42.5 Å². The molecule has 0 unspecified atom stereocenters. The molecule has 0 atom stereocenters. The van der Waals surface area contributed by atoms with Crippen molar-refractivity contribution in [2.45, 2.75) is 44.4 Å². The number of rotatable bonds is 1. The molecule has 0 bridgehead atoms. The van der Waals surface area contributed by atoms with Gasteiger partial charge in [0.1, 0.15) is 15.8 Å². The van der Waals surface area contributed by atoms with Gasteiger partial charge in [0.25, 0.3) is 0 Å². The van der Waals surface area contributed by atoms with E-state index >= 15 is 0 Å². The Morgan fingerprint density at radius 1 is 1.12 bits per heavy atom. The molecule has 0 saturated heterocycles. The Bertz CT molecular complexity index is 601. The van der Waals surface area contributed by atoms with E-state index in [-0.39, 0.29) is 0 Å². The van der Waals surface area contributed by atoms with E-state index in [1.807, 2.05) is 11.3 Å². The molecule has 0 N–H and O–H groups in total. The molecule has 1 saturated carbocycles. The lowest BCUT2D eigenvalue weighted by atomic mass is 9.97. The predicted octanol–water partition coefficient (Wildman–Crippen LogP) is 4.10. The number of hydrogen-bond acceptors (Lipinski definition) is 3. The molecule has 0 amide bonds. The first-order chi connectivity index (χ1) is 8.33. The zero-order valence-corrected chi connectivity index (χ0v) is 11.1. The lowest BCUT2D eigenvalue weighted by Crippen LogP contribution is -1.99. The molecular formula is C13H13ClN2S. The summed E-state index contributed by atoms with van der Waals surface area (Å²) in [6.07, 6.45) is 7.40. The molecule has 4 heteroatoms. The van der Waals surface area contributed by atoms with Gasteiger partial charge in [-0.05, 0) is 44.1 Å². The van der Waals surface area contributed by atoms with Crippen LogP contribution < -0.4 is 0 Å². The average Bonchev–Trinajstić information content (AvgIpc) is 3.09. The van der Waals surface area contributed by atoms with Gasteiger partial charge in [-0.2, -0.15) is 0 Å². The summed E-state index contributed by atoms with van der Waals surface area (Å²) in [6.45, 7) is 0. The molecule has 0 aromatic carbocycles. The van der Waals surface area contributed by atoms with Crippen molar-refractivity contribution < 1.29 is 0 Å².